The molecular formula is C11H16N2O4. The molecular weight excluding hydrogens is 224 g/mol. The Morgan fingerprint density at radius 1 is 1.41 bits per heavy atom. The Hall–Kier alpha value is -1.82. The number of hydrogen-bond acceptors (Lipinski definition) is 5. The summed E-state index contributed by atoms with van der Waals surface area (Å²) in [6.45, 7) is 3.75. The molecule has 1 rings (SSSR count). The summed E-state index contributed by atoms with van der Waals surface area (Å²) in [7, 11) is 1.48. The minimum atomic E-state index is -0.477. The summed E-state index contributed by atoms with van der Waals surface area (Å²) in [5, 5.41) is 10.9. The van der Waals surface area contributed by atoms with Crippen molar-refractivity contribution in [1.82, 2.24) is 0 Å². The van der Waals surface area contributed by atoms with Crippen molar-refractivity contribution in [3.63, 3.8) is 0 Å². The van der Waals surface area contributed by atoms with E-state index in [-0.39, 0.29) is 18.3 Å². The fourth-order valence-corrected chi connectivity index (χ4v) is 1.43. The molecule has 0 unspecified atom stereocenters. The number of nitrogens with two attached hydrogens (primary N) is 1. The van der Waals surface area contributed by atoms with Crippen molar-refractivity contribution in [2.24, 2.45) is 5.73 Å². The van der Waals surface area contributed by atoms with Crippen LogP contribution in [0.5, 0.6) is 11.5 Å². The first-order valence-electron chi connectivity index (χ1n) is 5.21. The summed E-state index contributed by atoms with van der Waals surface area (Å²) >= 11 is 0. The molecule has 0 aliphatic heterocycles. The van der Waals surface area contributed by atoms with Crippen LogP contribution in [0.3, 0.4) is 0 Å². The first kappa shape index (κ1) is 13.2. The molecule has 6 heteroatoms. The van der Waals surface area contributed by atoms with Gasteiger partial charge in [0, 0.05) is 12.1 Å². The maximum atomic E-state index is 10.9. The minimum absolute atomic E-state index is 0.0519. The van der Waals surface area contributed by atoms with Crippen LogP contribution in [-0.4, -0.2) is 18.1 Å². The summed E-state index contributed by atoms with van der Waals surface area (Å²) in [5.74, 6) is 0.802. The van der Waals surface area contributed by atoms with Crippen molar-refractivity contribution in [3.8, 4) is 11.5 Å². The number of benzene rings is 1. The summed E-state index contributed by atoms with van der Waals surface area (Å²) in [6, 6.07) is 2.89. The normalized spacial score (nSPS) is 10.4. The molecule has 0 atom stereocenters. The Kier molecular flexibility index (Phi) is 4.28. The molecule has 1 aromatic carbocycles. The summed E-state index contributed by atoms with van der Waals surface area (Å²) in [6.07, 6.45) is -0.0905. The highest BCUT2D eigenvalue weighted by Gasteiger charge is 2.19. The molecule has 0 fully saturated rings. The highest BCUT2D eigenvalue weighted by atomic mass is 16.6. The van der Waals surface area contributed by atoms with E-state index in [1.807, 2.05) is 13.8 Å². The van der Waals surface area contributed by atoms with E-state index in [9.17, 15) is 10.1 Å². The maximum Gasteiger partial charge on any atom is 0.277 e. The molecule has 0 heterocycles. The first-order valence-corrected chi connectivity index (χ1v) is 5.21. The Morgan fingerprint density at radius 3 is 2.47 bits per heavy atom. The van der Waals surface area contributed by atoms with Gasteiger partial charge in [0.1, 0.15) is 0 Å². The van der Waals surface area contributed by atoms with E-state index >= 15 is 0 Å². The summed E-state index contributed by atoms with van der Waals surface area (Å²) in [5.41, 5.74) is 5.83. The maximum absolute atomic E-state index is 10.9. The third kappa shape index (κ3) is 3.07. The van der Waals surface area contributed by atoms with Crippen LogP contribution in [-0.2, 0) is 6.54 Å². The molecule has 0 radical (unpaired) electrons. The number of ether oxygens (including phenoxy) is 2. The number of hydrogen-bond donors (Lipinski definition) is 1. The lowest BCUT2D eigenvalue weighted by atomic mass is 10.1. The number of nitrogens with zero attached hydrogens (tertiary/aromatic N) is 1. The lowest BCUT2D eigenvalue weighted by molar-refractivity contribution is -0.385. The zero-order valence-corrected chi connectivity index (χ0v) is 10.1. The third-order valence-corrected chi connectivity index (χ3v) is 2.14. The predicted octanol–water partition coefficient (Wildman–Crippen LogP) is 1.85. The van der Waals surface area contributed by atoms with Gasteiger partial charge < -0.3 is 15.2 Å². The van der Waals surface area contributed by atoms with Crippen molar-refractivity contribution < 1.29 is 14.4 Å². The molecule has 94 valence electrons. The van der Waals surface area contributed by atoms with Crippen LogP contribution < -0.4 is 15.2 Å². The molecule has 0 aromatic heterocycles. The lowest BCUT2D eigenvalue weighted by Crippen LogP contribution is -2.09. The van der Waals surface area contributed by atoms with Gasteiger partial charge in [-0.1, -0.05) is 0 Å². The molecule has 6 nitrogen and oxygen atoms in total. The molecule has 0 aliphatic rings. The van der Waals surface area contributed by atoms with Crippen LogP contribution in [0.25, 0.3) is 0 Å². The molecule has 0 aliphatic carbocycles. The molecule has 0 bridgehead atoms. The van der Waals surface area contributed by atoms with Gasteiger partial charge in [0.05, 0.1) is 24.2 Å². The van der Waals surface area contributed by atoms with Gasteiger partial charge in [-0.2, -0.15) is 0 Å². The van der Waals surface area contributed by atoms with Crippen molar-refractivity contribution >= 4 is 5.69 Å². The second-order valence-electron chi connectivity index (χ2n) is 3.76. The van der Waals surface area contributed by atoms with Gasteiger partial charge in [-0.15, -0.1) is 0 Å². The molecule has 0 amide bonds. The second-order valence-corrected chi connectivity index (χ2v) is 3.76. The van der Waals surface area contributed by atoms with Gasteiger partial charge in [0.2, 0.25) is 0 Å². The zero-order valence-electron chi connectivity index (χ0n) is 10.1. The van der Waals surface area contributed by atoms with E-state index in [1.165, 1.54) is 19.2 Å². The average Bonchev–Trinajstić information content (AvgIpc) is 2.27. The zero-order chi connectivity index (χ0) is 13.0. The average molecular weight is 240 g/mol. The Balaban J connectivity index is 3.28. The van der Waals surface area contributed by atoms with E-state index in [0.717, 1.165) is 0 Å². The van der Waals surface area contributed by atoms with Gasteiger partial charge in [0.25, 0.3) is 5.69 Å². The largest absolute Gasteiger partial charge is 0.493 e. The fraction of sp³-hybridized carbons (Fsp3) is 0.455. The topological polar surface area (TPSA) is 87.6 Å². The molecule has 0 saturated heterocycles. The fourth-order valence-electron chi connectivity index (χ4n) is 1.43. The van der Waals surface area contributed by atoms with Crippen molar-refractivity contribution in [3.05, 3.63) is 27.8 Å². The van der Waals surface area contributed by atoms with E-state index < -0.39 is 4.92 Å². The van der Waals surface area contributed by atoms with Crippen LogP contribution in [0, 0.1) is 10.1 Å². The Labute approximate surface area is 99.5 Å². The summed E-state index contributed by atoms with van der Waals surface area (Å²) in [4.78, 5) is 10.4. The smallest absolute Gasteiger partial charge is 0.277 e. The standard InChI is InChI=1S/C11H16N2O4/c1-7(2)17-11-5-9(13(14)15)8(6-12)4-10(11)16-3/h4-5,7H,6,12H2,1-3H3. The number of rotatable bonds is 5. The lowest BCUT2D eigenvalue weighted by Gasteiger charge is -2.14. The van der Waals surface area contributed by atoms with Gasteiger partial charge in [-0.05, 0) is 19.9 Å². The van der Waals surface area contributed by atoms with Crippen molar-refractivity contribution in [2.75, 3.05) is 7.11 Å². The highest BCUT2D eigenvalue weighted by molar-refractivity contribution is 5.54. The molecule has 0 saturated carbocycles. The molecule has 1 aromatic rings. The van der Waals surface area contributed by atoms with Crippen LogP contribution in [0.1, 0.15) is 19.4 Å². The summed E-state index contributed by atoms with van der Waals surface area (Å²) < 4.78 is 10.6. The quantitative estimate of drug-likeness (QED) is 0.626. The Bertz CT molecular complexity index is 418. The molecule has 0 spiro atoms. The number of nitro groups is 1. The van der Waals surface area contributed by atoms with E-state index in [4.69, 9.17) is 15.2 Å². The van der Waals surface area contributed by atoms with Gasteiger partial charge in [-0.25, -0.2) is 0 Å². The molecule has 2 N–H and O–H groups in total. The third-order valence-electron chi connectivity index (χ3n) is 2.14. The van der Waals surface area contributed by atoms with Gasteiger partial charge in [0.15, 0.2) is 11.5 Å². The molecule has 17 heavy (non-hydrogen) atoms. The SMILES string of the molecule is COc1cc(CN)c([N+](=O)[O-])cc1OC(C)C. The number of nitro benzene ring substituents is 1. The second kappa shape index (κ2) is 5.49. The van der Waals surface area contributed by atoms with E-state index in [0.29, 0.717) is 17.1 Å². The van der Waals surface area contributed by atoms with Crippen molar-refractivity contribution in [1.29, 1.82) is 0 Å². The predicted molar refractivity (Wildman–Crippen MR) is 63.3 cm³/mol. The van der Waals surface area contributed by atoms with Crippen LogP contribution in [0.4, 0.5) is 5.69 Å². The van der Waals surface area contributed by atoms with Gasteiger partial charge >= 0.3 is 0 Å². The number of methoxy groups -OCH3 is 1. The first-order chi connectivity index (χ1) is 7.99. The minimum Gasteiger partial charge on any atom is -0.493 e. The van der Waals surface area contributed by atoms with Crippen LogP contribution in [0.15, 0.2) is 12.1 Å². The van der Waals surface area contributed by atoms with Crippen LogP contribution in [0.2, 0.25) is 0 Å². The van der Waals surface area contributed by atoms with Crippen molar-refractivity contribution in [2.45, 2.75) is 26.5 Å². The van der Waals surface area contributed by atoms with E-state index in [2.05, 4.69) is 0 Å². The monoisotopic (exact) mass is 240 g/mol. The van der Waals surface area contributed by atoms with E-state index in [1.54, 1.807) is 0 Å². The highest BCUT2D eigenvalue weighted by Crippen LogP contribution is 2.35. The van der Waals surface area contributed by atoms with Crippen LogP contribution >= 0.6 is 0 Å². The Morgan fingerprint density at radius 2 is 2.06 bits per heavy atom. The van der Waals surface area contributed by atoms with Gasteiger partial charge in [-0.3, -0.25) is 10.1 Å².